The zero-order chi connectivity index (χ0) is 87.2. The van der Waals surface area contributed by atoms with Crippen LogP contribution in [0, 0.1) is 0 Å². The van der Waals surface area contributed by atoms with E-state index in [-0.39, 0.29) is 0 Å². The number of aliphatic hydroxyl groups excluding tert-OH is 30. The quantitative estimate of drug-likeness (QED) is 0.0903. The Bertz CT molecular complexity index is 2350. The lowest BCUT2D eigenvalue weighted by Gasteiger charge is -2.45. The zero-order valence-corrected chi connectivity index (χ0v) is 61.6. The third-order valence-corrected chi connectivity index (χ3v) is 20.8. The summed E-state index contributed by atoms with van der Waals surface area (Å²) in [7, 11) is 0. The SMILES string of the molecule is OCC1O[C@@H]2OO[C@@H]3C(CO)O[C@H](OO[C@@H]4C(CO)O[C@H](OO[C@@H]5C(CO)O[C@H](OO[C@@H]6C(CO)O[C@H](OO[C@@H]7C(CO)O[C@H](OO[C@@H]8C(CO)O[C@H](OO[C@@H]9C(CO)O[C@@H](OO[C@@H]%10C(CO)O[C@H](OO[C@@H]%11C(CO)O[C@H](OO[C@H]1C(O)[C@@H]2O)C(O)[C@H]%11O)C(O)[C@H]%10O)C(O)[C@H]9O)C(O)[C@H]8O)C(O)[C@H]7O)[C@@H](O)C6O)[C@@H](O)C5O)[C@@H](O)C4O)[C@@H](O)C3O. The molecule has 60 heteroatoms. The van der Waals surface area contributed by atoms with Gasteiger partial charge in [-0.1, -0.05) is 0 Å². The average molecular weight is 1780 g/mol. The molecule has 0 aliphatic carbocycles. The van der Waals surface area contributed by atoms with E-state index in [0.717, 1.165) is 0 Å². The number of hydrogen-bond donors (Lipinski definition) is 30. The number of ether oxygens (including phenoxy) is 10. The maximum absolute atomic E-state index is 11.2. The van der Waals surface area contributed by atoms with E-state index in [0.29, 0.717) is 0 Å². The van der Waals surface area contributed by atoms with Crippen molar-refractivity contribution in [2.45, 2.75) is 307 Å². The van der Waals surface area contributed by atoms with Crippen molar-refractivity contribution < 1.29 is 298 Å². The Morgan fingerprint density at radius 3 is 0.250 bits per heavy atom. The summed E-state index contributed by atoms with van der Waals surface area (Å²) in [6, 6.07) is 0. The fourth-order valence-corrected chi connectivity index (χ4v) is 13.7. The number of hydrogen-bond acceptors (Lipinski definition) is 60. The molecule has 60 nitrogen and oxygen atoms in total. The molecule has 0 aromatic carbocycles. The Labute approximate surface area is 670 Å². The third-order valence-electron chi connectivity index (χ3n) is 20.8. The molecule has 0 saturated carbocycles. The van der Waals surface area contributed by atoms with Crippen LogP contribution in [0.5, 0.6) is 0 Å². The fourth-order valence-electron chi connectivity index (χ4n) is 13.7. The van der Waals surface area contributed by atoms with Crippen molar-refractivity contribution in [2.75, 3.05) is 66.1 Å². The second kappa shape index (κ2) is 44.3. The van der Waals surface area contributed by atoms with Crippen LogP contribution in [0.15, 0.2) is 0 Å². The molecule has 120 heavy (non-hydrogen) atoms. The largest absolute Gasteiger partial charge is 0.394 e. The Hall–Kier alpha value is -2.40. The summed E-state index contributed by atoms with van der Waals surface area (Å²) in [5.74, 6) is 0. The highest BCUT2D eigenvalue weighted by molar-refractivity contribution is 4.99. The molecular formula is C60H100O60. The summed E-state index contributed by atoms with van der Waals surface area (Å²) in [6.45, 7) is -11.3. The van der Waals surface area contributed by atoms with Gasteiger partial charge < -0.3 is 201 Å². The van der Waals surface area contributed by atoms with Gasteiger partial charge in [0, 0.05) is 0 Å². The molecule has 0 amide bonds. The van der Waals surface area contributed by atoms with Crippen molar-refractivity contribution in [3.8, 4) is 0 Å². The Morgan fingerprint density at radius 1 is 0.108 bits per heavy atom. The van der Waals surface area contributed by atoms with Crippen LogP contribution in [-0.4, -0.2) is 526 Å². The fraction of sp³-hybridized carbons (Fsp3) is 1.00. The second-order valence-corrected chi connectivity index (χ2v) is 28.6. The smallest absolute Gasteiger partial charge is 0.220 e. The Balaban J connectivity index is 0.749. The minimum atomic E-state index is -2.30. The summed E-state index contributed by atoms with van der Waals surface area (Å²) < 4.78 is 54.7. The summed E-state index contributed by atoms with van der Waals surface area (Å²) in [5, 5.41) is 326. The van der Waals surface area contributed by atoms with Crippen molar-refractivity contribution in [3.05, 3.63) is 0 Å². The molecule has 0 spiro atoms. The van der Waals surface area contributed by atoms with Gasteiger partial charge in [-0.2, -0.15) is 0 Å². The van der Waals surface area contributed by atoms with Gasteiger partial charge in [-0.25, -0.2) is 97.8 Å². The molecule has 0 radical (unpaired) electrons. The van der Waals surface area contributed by atoms with E-state index < -0.39 is 373 Å². The molecule has 30 N–H and O–H groups in total. The molecule has 50 atom stereocenters. The van der Waals surface area contributed by atoms with Crippen molar-refractivity contribution in [2.24, 2.45) is 0 Å². The first-order valence-corrected chi connectivity index (χ1v) is 36.8. The molecular weight excluding hydrogens is 1680 g/mol. The van der Waals surface area contributed by atoms with Gasteiger partial charge in [0.15, 0.2) is 0 Å². The van der Waals surface area contributed by atoms with Crippen LogP contribution in [-0.2, 0) is 145 Å². The first-order valence-electron chi connectivity index (χ1n) is 36.8. The lowest BCUT2D eigenvalue weighted by Crippen LogP contribution is -2.64. The topological polar surface area (TPSA) is 884 Å². The number of aliphatic hydroxyl groups is 30. The highest BCUT2D eigenvalue weighted by Gasteiger charge is 2.60. The van der Waals surface area contributed by atoms with E-state index in [9.17, 15) is 153 Å². The van der Waals surface area contributed by atoms with Crippen LogP contribution in [0.25, 0.3) is 0 Å². The maximum Gasteiger partial charge on any atom is 0.220 e. The van der Waals surface area contributed by atoms with Crippen molar-refractivity contribution in [3.63, 3.8) is 0 Å². The summed E-state index contributed by atoms with van der Waals surface area (Å²) in [4.78, 5) is 103. The van der Waals surface area contributed by atoms with Crippen molar-refractivity contribution in [1.82, 2.24) is 0 Å². The molecule has 0 aromatic rings. The summed E-state index contributed by atoms with van der Waals surface area (Å²) >= 11 is 0. The van der Waals surface area contributed by atoms with Gasteiger partial charge in [0.05, 0.1) is 66.1 Å². The molecule has 38 saturated heterocycles. The first-order chi connectivity index (χ1) is 57.4. The zero-order valence-electron chi connectivity index (χ0n) is 61.6. The first kappa shape index (κ1) is 98.2. The molecule has 38 aliphatic rings. The molecule has 700 valence electrons. The Kier molecular flexibility index (Phi) is 36.2. The molecule has 38 rings (SSSR count). The van der Waals surface area contributed by atoms with Crippen LogP contribution in [0.2, 0.25) is 0 Å². The van der Waals surface area contributed by atoms with Gasteiger partial charge in [0.25, 0.3) is 0 Å². The highest BCUT2D eigenvalue weighted by atomic mass is 17.3. The molecule has 38 heterocycles. The van der Waals surface area contributed by atoms with E-state index in [2.05, 4.69) is 0 Å². The van der Waals surface area contributed by atoms with E-state index in [1.165, 1.54) is 0 Å². The molecule has 0 aromatic heterocycles. The average Bonchev–Trinajstić information content (AvgIpc) is 0.794. The van der Waals surface area contributed by atoms with Crippen molar-refractivity contribution in [1.29, 1.82) is 0 Å². The van der Waals surface area contributed by atoms with Gasteiger partial charge in [-0.05, 0) is 0 Å². The Morgan fingerprint density at radius 2 is 0.183 bits per heavy atom. The standard InChI is InChI=1S/C60H100O60/c61-1-11-41-21(71)31(81)51(91-11)111-102-42-12(2-62)93-53(33(83)23(42)73)113-104-44-14(4-64)95-55(35(85)25(44)75)115-106-46-16(6-66)97-57(37(87)27(46)77)117-108-48-18(8-68)99-59(39(89)29(48)79)119-110-50-20(10-70)100-60(40(90)30(50)80)120-109-49-19(9-69)98-58(38(88)28(49)78)118-107-47-17(7-67)96-56(36(86)26(47)76)116-105-45-15(5-65)94-54(34(84)24(45)74)114-103-43-13(3-63)92-52(112-101-41)32(82)22(43)72/h11-90H,1-10H2/t11?,12?,13?,14?,15?,16?,17?,18?,19?,20?,21-,22-,23-,24-,25-,26?,27?,28?,29?,30?,31?,32?,33?,34?,35?,36+,37+,38+,39+,40+,41-,42-,43-,44-,45-,46-,47-,48-,49-,50-,51+,52-,53-,54-,55-,56-,57-,58-,59-,60-/m1/s1. The van der Waals surface area contributed by atoms with Crippen LogP contribution in [0.3, 0.4) is 0 Å². The minimum absolute atomic E-state index is 1.13. The normalized spacial score (nSPS) is 52.8. The lowest BCUT2D eigenvalue weighted by atomic mass is 9.99. The van der Waals surface area contributed by atoms with E-state index in [1.54, 1.807) is 0 Å². The number of rotatable bonds is 10. The van der Waals surface area contributed by atoms with Crippen LogP contribution in [0.1, 0.15) is 0 Å². The predicted molar refractivity (Wildman–Crippen MR) is 337 cm³/mol. The van der Waals surface area contributed by atoms with E-state index >= 15 is 0 Å². The summed E-state index contributed by atoms with van der Waals surface area (Å²) in [5.41, 5.74) is 0. The molecule has 20 bridgehead atoms. The van der Waals surface area contributed by atoms with Crippen molar-refractivity contribution >= 4 is 0 Å². The van der Waals surface area contributed by atoms with Gasteiger partial charge in [0.1, 0.15) is 244 Å². The molecule has 38 fully saturated rings. The molecule has 38 aliphatic heterocycles. The monoisotopic (exact) mass is 1780 g/mol. The minimum Gasteiger partial charge on any atom is -0.394 e. The molecule has 20 unspecified atom stereocenters. The van der Waals surface area contributed by atoms with Gasteiger partial charge in [-0.15, -0.1) is 0 Å². The lowest BCUT2D eigenvalue weighted by molar-refractivity contribution is -0.515. The van der Waals surface area contributed by atoms with E-state index in [1.807, 2.05) is 0 Å². The van der Waals surface area contributed by atoms with E-state index in [4.69, 9.17) is 145 Å². The van der Waals surface area contributed by atoms with Gasteiger partial charge >= 0.3 is 0 Å². The third kappa shape index (κ3) is 21.2. The van der Waals surface area contributed by atoms with Crippen LogP contribution < -0.4 is 0 Å². The van der Waals surface area contributed by atoms with Gasteiger partial charge in [0.2, 0.25) is 62.9 Å². The second-order valence-electron chi connectivity index (χ2n) is 28.6. The predicted octanol–water partition coefficient (Wildman–Crippen LogP) is -22.4. The van der Waals surface area contributed by atoms with Crippen LogP contribution in [0.4, 0.5) is 0 Å². The van der Waals surface area contributed by atoms with Crippen LogP contribution >= 0.6 is 0 Å². The summed E-state index contributed by atoms with van der Waals surface area (Å²) in [6.07, 6.45) is -106. The maximum atomic E-state index is 11.2. The highest BCUT2D eigenvalue weighted by Crippen LogP contribution is 2.39. The van der Waals surface area contributed by atoms with Gasteiger partial charge in [-0.3, -0.25) is 0 Å².